The minimum absolute atomic E-state index is 0.106. The summed E-state index contributed by atoms with van der Waals surface area (Å²) in [4.78, 5) is 23.7. The molecule has 0 spiro atoms. The first kappa shape index (κ1) is 9.05. The zero-order valence-corrected chi connectivity index (χ0v) is 7.77. The molecule has 1 fully saturated rings. The highest BCUT2D eigenvalue weighted by atomic mass is 16.5. The maximum absolute atomic E-state index is 11.4. The number of amides is 1. The zero-order chi connectivity index (χ0) is 10.3. The molecule has 0 aromatic heterocycles. The molecule has 5 heteroatoms. The third kappa shape index (κ3) is 1.16. The minimum Gasteiger partial charge on any atom is -0.499 e. The zero-order valence-electron chi connectivity index (χ0n) is 7.77. The van der Waals surface area contributed by atoms with Crippen LogP contribution >= 0.6 is 0 Å². The summed E-state index contributed by atoms with van der Waals surface area (Å²) in [6.07, 6.45) is 2.15. The fourth-order valence-electron chi connectivity index (χ4n) is 2.03. The van der Waals surface area contributed by atoms with Crippen LogP contribution in [0.2, 0.25) is 0 Å². The number of carbonyl (C=O) groups is 2. The van der Waals surface area contributed by atoms with Crippen molar-refractivity contribution in [2.24, 2.45) is 5.92 Å². The first-order valence-corrected chi connectivity index (χ1v) is 4.41. The lowest BCUT2D eigenvalue weighted by Crippen LogP contribution is -2.45. The second-order valence-corrected chi connectivity index (χ2v) is 3.52. The molecule has 76 valence electrons. The summed E-state index contributed by atoms with van der Waals surface area (Å²) < 4.78 is 4.98. The van der Waals surface area contributed by atoms with Crippen molar-refractivity contribution in [1.82, 2.24) is 4.90 Å². The molecule has 2 rings (SSSR count). The van der Waals surface area contributed by atoms with E-state index in [9.17, 15) is 9.59 Å². The summed E-state index contributed by atoms with van der Waals surface area (Å²) in [5.41, 5.74) is 0. The molecular weight excluding hydrogens is 186 g/mol. The predicted octanol–water partition coefficient (Wildman–Crippen LogP) is -0.168. The largest absolute Gasteiger partial charge is 0.499 e. The van der Waals surface area contributed by atoms with E-state index in [-0.39, 0.29) is 11.8 Å². The van der Waals surface area contributed by atoms with Crippen LogP contribution in [0, 0.1) is 5.92 Å². The second-order valence-electron chi connectivity index (χ2n) is 3.52. The van der Waals surface area contributed by atoms with Crippen LogP contribution in [0.4, 0.5) is 0 Å². The van der Waals surface area contributed by atoms with E-state index < -0.39 is 12.0 Å². The molecule has 5 nitrogen and oxygen atoms in total. The van der Waals surface area contributed by atoms with Crippen LogP contribution in [0.25, 0.3) is 0 Å². The Bertz CT molecular complexity index is 323. The van der Waals surface area contributed by atoms with Gasteiger partial charge in [0.1, 0.15) is 5.76 Å². The van der Waals surface area contributed by atoms with E-state index in [0.29, 0.717) is 18.7 Å². The lowest BCUT2D eigenvalue weighted by Gasteiger charge is -2.28. The molecule has 0 radical (unpaired) electrons. The Morgan fingerprint density at radius 1 is 1.71 bits per heavy atom. The van der Waals surface area contributed by atoms with Gasteiger partial charge in [-0.25, -0.2) is 4.79 Å². The average molecular weight is 197 g/mol. The van der Waals surface area contributed by atoms with Crippen molar-refractivity contribution in [3.63, 3.8) is 0 Å². The summed E-state index contributed by atoms with van der Waals surface area (Å²) in [5, 5.41) is 8.96. The Morgan fingerprint density at radius 2 is 2.43 bits per heavy atom. The number of nitrogens with zero attached hydrogens (tertiary/aromatic N) is 1. The van der Waals surface area contributed by atoms with Gasteiger partial charge in [0, 0.05) is 18.9 Å². The first-order chi connectivity index (χ1) is 6.63. The van der Waals surface area contributed by atoms with Crippen molar-refractivity contribution in [2.75, 3.05) is 13.7 Å². The topological polar surface area (TPSA) is 66.8 Å². The normalized spacial score (nSPS) is 30.2. The van der Waals surface area contributed by atoms with Crippen LogP contribution in [-0.2, 0) is 14.3 Å². The van der Waals surface area contributed by atoms with Gasteiger partial charge in [0.05, 0.1) is 7.11 Å². The standard InChI is InChI=1S/C9H11NO4/c1-14-6-2-5-3-7(11)10(4-5)8(6)9(12)13/h2,5,8H,3-4H2,1H3,(H,12,13)/t5-,8?/m1/s1. The number of ether oxygens (including phenoxy) is 1. The van der Waals surface area contributed by atoms with E-state index in [1.807, 2.05) is 0 Å². The van der Waals surface area contributed by atoms with Crippen molar-refractivity contribution in [1.29, 1.82) is 0 Å². The number of aliphatic carboxylic acids is 1. The number of rotatable bonds is 2. The van der Waals surface area contributed by atoms with Gasteiger partial charge in [-0.2, -0.15) is 0 Å². The highest BCUT2D eigenvalue weighted by Crippen LogP contribution is 2.31. The van der Waals surface area contributed by atoms with Gasteiger partial charge >= 0.3 is 5.97 Å². The summed E-state index contributed by atoms with van der Waals surface area (Å²) in [6.45, 7) is 0.503. The molecule has 0 saturated carbocycles. The molecule has 2 bridgehead atoms. The van der Waals surface area contributed by atoms with Crippen LogP contribution < -0.4 is 0 Å². The monoisotopic (exact) mass is 197 g/mol. The van der Waals surface area contributed by atoms with E-state index in [4.69, 9.17) is 9.84 Å². The van der Waals surface area contributed by atoms with Gasteiger partial charge < -0.3 is 14.7 Å². The van der Waals surface area contributed by atoms with Gasteiger partial charge in [-0.05, 0) is 6.08 Å². The SMILES string of the molecule is COC1=C[C@@H]2CC(=O)N(C2)C1C(=O)O. The second kappa shape index (κ2) is 3.01. The molecule has 1 unspecified atom stereocenters. The number of fused-ring (bicyclic) bond motifs is 2. The number of hydrogen-bond donors (Lipinski definition) is 1. The molecule has 0 aromatic carbocycles. The lowest BCUT2D eigenvalue weighted by atomic mass is 10.0. The van der Waals surface area contributed by atoms with Gasteiger partial charge in [-0.3, -0.25) is 4.79 Å². The molecule has 14 heavy (non-hydrogen) atoms. The first-order valence-electron chi connectivity index (χ1n) is 4.41. The van der Waals surface area contributed by atoms with Crippen molar-refractivity contribution in [2.45, 2.75) is 12.5 Å². The highest BCUT2D eigenvalue weighted by Gasteiger charge is 2.43. The predicted molar refractivity (Wildman–Crippen MR) is 46.3 cm³/mol. The number of carboxylic acids is 1. The van der Waals surface area contributed by atoms with E-state index >= 15 is 0 Å². The number of methoxy groups -OCH3 is 1. The molecule has 0 aliphatic carbocycles. The molecule has 0 aromatic rings. The van der Waals surface area contributed by atoms with E-state index in [0.717, 1.165) is 0 Å². The quantitative estimate of drug-likeness (QED) is 0.667. The third-order valence-corrected chi connectivity index (χ3v) is 2.64. The van der Waals surface area contributed by atoms with Crippen LogP contribution in [0.1, 0.15) is 6.42 Å². The lowest BCUT2D eigenvalue weighted by molar-refractivity contribution is -0.148. The van der Waals surface area contributed by atoms with Gasteiger partial charge in [0.15, 0.2) is 6.04 Å². The van der Waals surface area contributed by atoms with Crippen molar-refractivity contribution >= 4 is 11.9 Å². The van der Waals surface area contributed by atoms with Crippen molar-refractivity contribution in [3.8, 4) is 0 Å². The van der Waals surface area contributed by atoms with Gasteiger partial charge in [-0.15, -0.1) is 0 Å². The number of carbonyl (C=O) groups excluding carboxylic acids is 1. The third-order valence-electron chi connectivity index (χ3n) is 2.64. The van der Waals surface area contributed by atoms with E-state index in [1.54, 1.807) is 6.08 Å². The Balaban J connectivity index is 2.35. The van der Waals surface area contributed by atoms with Gasteiger partial charge in [-0.1, -0.05) is 0 Å². The van der Waals surface area contributed by atoms with Crippen LogP contribution in [0.3, 0.4) is 0 Å². The van der Waals surface area contributed by atoms with Crippen LogP contribution in [0.5, 0.6) is 0 Å². The van der Waals surface area contributed by atoms with E-state index in [2.05, 4.69) is 0 Å². The maximum atomic E-state index is 11.4. The highest BCUT2D eigenvalue weighted by molar-refractivity contribution is 5.88. The van der Waals surface area contributed by atoms with Crippen LogP contribution in [0.15, 0.2) is 11.8 Å². The fraction of sp³-hybridized carbons (Fsp3) is 0.556. The Labute approximate surface area is 80.9 Å². The maximum Gasteiger partial charge on any atom is 0.334 e. The average Bonchev–Trinajstić information content (AvgIpc) is 2.41. The molecular formula is C9H11NO4. The Morgan fingerprint density at radius 3 is 3.00 bits per heavy atom. The summed E-state index contributed by atoms with van der Waals surface area (Å²) in [7, 11) is 1.43. The molecule has 1 N–H and O–H groups in total. The molecule has 1 saturated heterocycles. The molecule has 2 atom stereocenters. The smallest absolute Gasteiger partial charge is 0.334 e. The number of hydrogen-bond acceptors (Lipinski definition) is 3. The molecule has 1 amide bonds. The van der Waals surface area contributed by atoms with Crippen molar-refractivity contribution < 1.29 is 19.4 Å². The molecule has 2 aliphatic rings. The minimum atomic E-state index is -1.04. The summed E-state index contributed by atoms with van der Waals surface area (Å²) >= 11 is 0. The van der Waals surface area contributed by atoms with Crippen molar-refractivity contribution in [3.05, 3.63) is 11.8 Å². The van der Waals surface area contributed by atoms with Gasteiger partial charge in [0.25, 0.3) is 0 Å². The summed E-state index contributed by atoms with van der Waals surface area (Å²) in [6, 6.07) is -0.925. The van der Waals surface area contributed by atoms with Crippen LogP contribution in [-0.4, -0.2) is 41.6 Å². The fourth-order valence-corrected chi connectivity index (χ4v) is 2.03. The van der Waals surface area contributed by atoms with E-state index in [1.165, 1.54) is 12.0 Å². The molecule has 2 aliphatic heterocycles. The molecule has 2 heterocycles. The Kier molecular flexibility index (Phi) is 1.94. The number of carboxylic acid groups (broad SMARTS) is 1. The Hall–Kier alpha value is -1.52. The summed E-state index contributed by atoms with van der Waals surface area (Å²) in [5.74, 6) is -0.648. The van der Waals surface area contributed by atoms with Gasteiger partial charge in [0.2, 0.25) is 5.91 Å².